The first-order valence-electron chi connectivity index (χ1n) is 8.95. The van der Waals surface area contributed by atoms with Crippen molar-refractivity contribution in [3.05, 3.63) is 59.7 Å². The monoisotopic (exact) mass is 366 g/mol. The zero-order chi connectivity index (χ0) is 19.6. The molecule has 0 aliphatic carbocycles. The Hall–Kier alpha value is -3.15. The number of amides is 3. The molecule has 1 atom stereocenters. The summed E-state index contributed by atoms with van der Waals surface area (Å²) in [5.41, 5.74) is 1.16. The molecule has 0 spiro atoms. The summed E-state index contributed by atoms with van der Waals surface area (Å²) in [6.45, 7) is 5.93. The largest absolute Gasteiger partial charge is 0.492 e. The number of benzene rings is 2. The number of carbonyl (C=O) groups excluding carboxylic acids is 3. The van der Waals surface area contributed by atoms with E-state index >= 15 is 0 Å². The quantitative estimate of drug-likeness (QED) is 0.796. The molecule has 3 amide bonds. The van der Waals surface area contributed by atoms with Crippen molar-refractivity contribution in [3.8, 4) is 5.75 Å². The van der Waals surface area contributed by atoms with E-state index in [0.29, 0.717) is 29.2 Å². The van der Waals surface area contributed by atoms with Crippen molar-refractivity contribution in [2.45, 2.75) is 26.8 Å². The van der Waals surface area contributed by atoms with Crippen LogP contribution in [0.2, 0.25) is 0 Å². The number of hydrogen-bond acceptors (Lipinski definition) is 4. The third-order valence-corrected chi connectivity index (χ3v) is 4.45. The van der Waals surface area contributed by atoms with Crippen LogP contribution in [0, 0.1) is 5.92 Å². The predicted octanol–water partition coefficient (Wildman–Crippen LogP) is 3.34. The first kappa shape index (κ1) is 18.6. The summed E-state index contributed by atoms with van der Waals surface area (Å²) < 4.78 is 5.53. The highest BCUT2D eigenvalue weighted by atomic mass is 16.5. The molecule has 0 bridgehead atoms. The smallest absolute Gasteiger partial charge is 0.262 e. The van der Waals surface area contributed by atoms with Gasteiger partial charge in [0.1, 0.15) is 11.8 Å². The highest BCUT2D eigenvalue weighted by Gasteiger charge is 2.43. The maximum absolute atomic E-state index is 13.0. The summed E-state index contributed by atoms with van der Waals surface area (Å²) in [7, 11) is 0. The Bertz CT molecular complexity index is 856. The Morgan fingerprint density at radius 3 is 2.11 bits per heavy atom. The van der Waals surface area contributed by atoms with Crippen LogP contribution >= 0.6 is 0 Å². The van der Waals surface area contributed by atoms with Crippen molar-refractivity contribution in [2.24, 2.45) is 5.92 Å². The third kappa shape index (κ3) is 3.43. The number of fused-ring (bicyclic) bond motifs is 1. The van der Waals surface area contributed by atoms with E-state index in [2.05, 4.69) is 5.32 Å². The van der Waals surface area contributed by atoms with Crippen LogP contribution in [0.3, 0.4) is 0 Å². The van der Waals surface area contributed by atoms with Gasteiger partial charge in [0.25, 0.3) is 11.8 Å². The minimum Gasteiger partial charge on any atom is -0.492 e. The van der Waals surface area contributed by atoms with Crippen LogP contribution in [0.1, 0.15) is 41.5 Å². The van der Waals surface area contributed by atoms with Crippen LogP contribution in [0.15, 0.2) is 48.5 Å². The first-order valence-corrected chi connectivity index (χ1v) is 8.95. The van der Waals surface area contributed by atoms with Gasteiger partial charge in [-0.1, -0.05) is 38.1 Å². The molecule has 1 N–H and O–H groups in total. The molecule has 2 aromatic carbocycles. The first-order chi connectivity index (χ1) is 13.0. The van der Waals surface area contributed by atoms with E-state index in [9.17, 15) is 14.4 Å². The molecule has 0 saturated heterocycles. The van der Waals surface area contributed by atoms with Gasteiger partial charge in [-0.3, -0.25) is 19.3 Å². The fourth-order valence-corrected chi connectivity index (χ4v) is 3.24. The van der Waals surface area contributed by atoms with E-state index in [4.69, 9.17) is 4.74 Å². The highest BCUT2D eigenvalue weighted by Crippen LogP contribution is 2.29. The highest BCUT2D eigenvalue weighted by molar-refractivity contribution is 6.23. The molecule has 0 saturated carbocycles. The van der Waals surface area contributed by atoms with E-state index in [1.807, 2.05) is 26.8 Å². The SMILES string of the molecule is CCOc1ccccc1NC(=O)[C@H](C(C)C)N1C(=O)c2ccccc2C1=O. The Labute approximate surface area is 158 Å². The van der Waals surface area contributed by atoms with E-state index in [0.717, 1.165) is 4.90 Å². The van der Waals surface area contributed by atoms with Crippen molar-refractivity contribution in [1.82, 2.24) is 4.90 Å². The molecule has 6 nitrogen and oxygen atoms in total. The van der Waals surface area contributed by atoms with Crippen LogP contribution in [0.25, 0.3) is 0 Å². The molecule has 2 aromatic rings. The van der Waals surface area contributed by atoms with Crippen LogP contribution < -0.4 is 10.1 Å². The molecule has 1 aliphatic heterocycles. The van der Waals surface area contributed by atoms with Gasteiger partial charge in [-0.2, -0.15) is 0 Å². The van der Waals surface area contributed by atoms with Gasteiger partial charge in [0.2, 0.25) is 5.91 Å². The Morgan fingerprint density at radius 1 is 1.00 bits per heavy atom. The molecule has 6 heteroatoms. The number of anilines is 1. The lowest BCUT2D eigenvalue weighted by atomic mass is 10.0. The Kier molecular flexibility index (Phi) is 5.26. The lowest BCUT2D eigenvalue weighted by Crippen LogP contribution is -2.50. The van der Waals surface area contributed by atoms with Crippen molar-refractivity contribution in [1.29, 1.82) is 0 Å². The Morgan fingerprint density at radius 2 is 1.56 bits per heavy atom. The van der Waals surface area contributed by atoms with E-state index in [1.54, 1.807) is 42.5 Å². The van der Waals surface area contributed by atoms with Crippen molar-refractivity contribution >= 4 is 23.4 Å². The van der Waals surface area contributed by atoms with Crippen LogP contribution in [-0.2, 0) is 4.79 Å². The lowest BCUT2D eigenvalue weighted by molar-refractivity contribution is -0.121. The average molecular weight is 366 g/mol. The van der Waals surface area contributed by atoms with Crippen LogP contribution in [0.5, 0.6) is 5.75 Å². The summed E-state index contributed by atoms with van der Waals surface area (Å²) in [6.07, 6.45) is 0. The summed E-state index contributed by atoms with van der Waals surface area (Å²) >= 11 is 0. The number of imide groups is 1. The second kappa shape index (κ2) is 7.61. The number of ether oxygens (including phenoxy) is 1. The number of rotatable bonds is 6. The molecular formula is C21H22N2O4. The zero-order valence-corrected chi connectivity index (χ0v) is 15.6. The molecule has 0 radical (unpaired) electrons. The topological polar surface area (TPSA) is 75.7 Å². The van der Waals surface area contributed by atoms with Gasteiger partial charge >= 0.3 is 0 Å². The third-order valence-electron chi connectivity index (χ3n) is 4.45. The zero-order valence-electron chi connectivity index (χ0n) is 15.6. The molecule has 0 aromatic heterocycles. The summed E-state index contributed by atoms with van der Waals surface area (Å²) in [6, 6.07) is 12.8. The molecule has 140 valence electrons. The number of nitrogens with one attached hydrogen (secondary N) is 1. The number of carbonyl (C=O) groups is 3. The molecule has 0 fully saturated rings. The lowest BCUT2D eigenvalue weighted by Gasteiger charge is -2.28. The number of para-hydroxylation sites is 2. The number of nitrogens with zero attached hydrogens (tertiary/aromatic N) is 1. The second-order valence-corrected chi connectivity index (χ2v) is 6.63. The van der Waals surface area contributed by atoms with Crippen LogP contribution in [0.4, 0.5) is 5.69 Å². The van der Waals surface area contributed by atoms with Crippen molar-refractivity contribution in [3.63, 3.8) is 0 Å². The van der Waals surface area contributed by atoms with Crippen LogP contribution in [-0.4, -0.2) is 35.3 Å². The molecule has 27 heavy (non-hydrogen) atoms. The van der Waals surface area contributed by atoms with Crippen molar-refractivity contribution < 1.29 is 19.1 Å². The Balaban J connectivity index is 1.90. The fourth-order valence-electron chi connectivity index (χ4n) is 3.24. The minimum absolute atomic E-state index is 0.258. The summed E-state index contributed by atoms with van der Waals surface area (Å²) in [5, 5.41) is 2.81. The maximum Gasteiger partial charge on any atom is 0.262 e. The minimum atomic E-state index is -0.924. The van der Waals surface area contributed by atoms with Gasteiger partial charge in [-0.15, -0.1) is 0 Å². The second-order valence-electron chi connectivity index (χ2n) is 6.63. The molecule has 0 unspecified atom stereocenters. The maximum atomic E-state index is 13.0. The van der Waals surface area contributed by atoms with E-state index < -0.39 is 23.8 Å². The molecular weight excluding hydrogens is 344 g/mol. The standard InChI is InChI=1S/C21H22N2O4/c1-4-27-17-12-8-7-11-16(17)22-19(24)18(13(2)3)23-20(25)14-9-5-6-10-15(14)21(23)26/h5-13,18H,4H2,1-3H3,(H,22,24)/t18-/m0/s1. The summed E-state index contributed by atoms with van der Waals surface area (Å²) in [5.74, 6) is -1.03. The average Bonchev–Trinajstić information content (AvgIpc) is 2.89. The van der Waals surface area contributed by atoms with E-state index in [-0.39, 0.29) is 5.92 Å². The number of hydrogen-bond donors (Lipinski definition) is 1. The van der Waals surface area contributed by atoms with Gasteiger partial charge in [-0.25, -0.2) is 0 Å². The van der Waals surface area contributed by atoms with Gasteiger partial charge in [0.15, 0.2) is 0 Å². The van der Waals surface area contributed by atoms with Crippen molar-refractivity contribution in [2.75, 3.05) is 11.9 Å². The predicted molar refractivity (Wildman–Crippen MR) is 102 cm³/mol. The normalized spacial score (nSPS) is 14.3. The van der Waals surface area contributed by atoms with Gasteiger partial charge in [0.05, 0.1) is 23.4 Å². The fraction of sp³-hybridized carbons (Fsp3) is 0.286. The van der Waals surface area contributed by atoms with E-state index in [1.165, 1.54) is 0 Å². The summed E-state index contributed by atoms with van der Waals surface area (Å²) in [4.78, 5) is 39.6. The molecule has 3 rings (SSSR count). The van der Waals surface area contributed by atoms with Gasteiger partial charge < -0.3 is 10.1 Å². The molecule has 1 aliphatic rings. The van der Waals surface area contributed by atoms with Gasteiger partial charge in [-0.05, 0) is 37.1 Å². The molecule has 1 heterocycles. The van der Waals surface area contributed by atoms with Gasteiger partial charge in [0, 0.05) is 0 Å².